The minimum atomic E-state index is -0.861. The van der Waals surface area contributed by atoms with Crippen molar-refractivity contribution in [1.29, 1.82) is 0 Å². The number of hydrogen-bond acceptors (Lipinski definition) is 5. The zero-order chi connectivity index (χ0) is 13.9. The molecule has 106 valence electrons. The molecule has 0 saturated heterocycles. The number of aliphatic carboxylic acids is 1. The van der Waals surface area contributed by atoms with Gasteiger partial charge in [0.05, 0.1) is 6.54 Å². The minimum absolute atomic E-state index is 0.574. The van der Waals surface area contributed by atoms with Crippen LogP contribution in [0, 0.1) is 0 Å². The second kappa shape index (κ2) is 5.66. The van der Waals surface area contributed by atoms with Gasteiger partial charge >= 0.3 is 5.97 Å². The summed E-state index contributed by atoms with van der Waals surface area (Å²) in [6, 6.07) is 0. The smallest absolute Gasteiger partial charge is 0.323 e. The lowest BCUT2D eigenvalue weighted by Gasteiger charge is -2.31. The van der Waals surface area contributed by atoms with Crippen molar-refractivity contribution in [2.24, 2.45) is 0 Å². The molecule has 0 radical (unpaired) electrons. The molecule has 1 aromatic rings. The van der Waals surface area contributed by atoms with E-state index in [1.165, 1.54) is 0 Å². The molecule has 0 aromatic carbocycles. The molecule has 2 rings (SSSR count). The van der Waals surface area contributed by atoms with E-state index in [0.717, 1.165) is 32.0 Å². The molecule has 19 heavy (non-hydrogen) atoms. The molecule has 0 amide bonds. The first kappa shape index (κ1) is 14.0. The third-order valence-corrected chi connectivity index (χ3v) is 3.68. The summed E-state index contributed by atoms with van der Waals surface area (Å²) in [7, 11) is 0. The molecule has 7 heteroatoms. The van der Waals surface area contributed by atoms with Crippen LogP contribution < -0.4 is 5.32 Å². The van der Waals surface area contributed by atoms with Crippen LogP contribution in [0.4, 0.5) is 0 Å². The highest BCUT2D eigenvalue weighted by Gasteiger charge is 2.32. The largest absolute Gasteiger partial charge is 0.480 e. The fourth-order valence-electron chi connectivity index (χ4n) is 2.35. The average molecular weight is 267 g/mol. The van der Waals surface area contributed by atoms with Crippen LogP contribution >= 0.6 is 0 Å². The maximum absolute atomic E-state index is 11.3. The van der Waals surface area contributed by atoms with Crippen molar-refractivity contribution < 1.29 is 9.90 Å². The van der Waals surface area contributed by atoms with E-state index in [4.69, 9.17) is 0 Å². The average Bonchev–Trinajstić information content (AvgIpc) is 2.84. The second-order valence-electron chi connectivity index (χ2n) is 5.13. The van der Waals surface area contributed by atoms with Crippen molar-refractivity contribution in [3.8, 4) is 0 Å². The Kier molecular flexibility index (Phi) is 4.16. The van der Waals surface area contributed by atoms with Gasteiger partial charge in [-0.3, -0.25) is 9.69 Å². The monoisotopic (exact) mass is 267 g/mol. The summed E-state index contributed by atoms with van der Waals surface area (Å²) in [6.45, 7) is 7.57. The highest BCUT2D eigenvalue weighted by Crippen LogP contribution is 2.14. The maximum atomic E-state index is 11.3. The number of rotatable bonds is 6. The highest BCUT2D eigenvalue weighted by molar-refractivity contribution is 5.78. The van der Waals surface area contributed by atoms with Gasteiger partial charge < -0.3 is 15.0 Å². The van der Waals surface area contributed by atoms with Crippen molar-refractivity contribution in [2.75, 3.05) is 19.6 Å². The molecule has 0 fully saturated rings. The molecule has 7 nitrogen and oxygen atoms in total. The topological polar surface area (TPSA) is 83.3 Å². The number of likely N-dealkylation sites (N-methyl/N-ethyl adjacent to an activating group) is 1. The Morgan fingerprint density at radius 3 is 3.05 bits per heavy atom. The van der Waals surface area contributed by atoms with Crippen molar-refractivity contribution >= 4 is 5.97 Å². The maximum Gasteiger partial charge on any atom is 0.323 e. The van der Waals surface area contributed by atoms with E-state index in [2.05, 4.69) is 20.4 Å². The van der Waals surface area contributed by atoms with Crippen LogP contribution in [-0.4, -0.2) is 55.9 Å². The van der Waals surface area contributed by atoms with Gasteiger partial charge in [-0.15, -0.1) is 10.2 Å². The van der Waals surface area contributed by atoms with Gasteiger partial charge in [0.1, 0.15) is 17.7 Å². The van der Waals surface area contributed by atoms with Gasteiger partial charge in [-0.2, -0.15) is 0 Å². The number of carboxylic acids is 1. The van der Waals surface area contributed by atoms with Crippen molar-refractivity contribution in [1.82, 2.24) is 25.0 Å². The molecule has 1 unspecified atom stereocenters. The summed E-state index contributed by atoms with van der Waals surface area (Å²) in [5, 5.41) is 20.3. The lowest BCUT2D eigenvalue weighted by molar-refractivity contribution is -0.144. The zero-order valence-corrected chi connectivity index (χ0v) is 11.5. The summed E-state index contributed by atoms with van der Waals surface area (Å²) < 4.78 is 2.04. The van der Waals surface area contributed by atoms with Crippen LogP contribution in [0.3, 0.4) is 0 Å². The number of hydrogen-bond donors (Lipinski definition) is 2. The summed E-state index contributed by atoms with van der Waals surface area (Å²) in [4.78, 5) is 13.6. The first-order valence-corrected chi connectivity index (χ1v) is 6.62. The quantitative estimate of drug-likeness (QED) is 0.751. The highest BCUT2D eigenvalue weighted by atomic mass is 16.4. The molecular formula is C12H21N5O2. The van der Waals surface area contributed by atoms with Gasteiger partial charge in [0, 0.05) is 19.6 Å². The van der Waals surface area contributed by atoms with Gasteiger partial charge in [-0.05, 0) is 19.9 Å². The third kappa shape index (κ3) is 3.10. The fraction of sp³-hybridized carbons (Fsp3) is 0.750. The summed E-state index contributed by atoms with van der Waals surface area (Å²) in [6.07, 6.45) is 2.32. The van der Waals surface area contributed by atoms with Gasteiger partial charge in [0.2, 0.25) is 0 Å². The Bertz CT molecular complexity index is 447. The van der Waals surface area contributed by atoms with E-state index in [1.807, 2.05) is 11.5 Å². The summed E-state index contributed by atoms with van der Waals surface area (Å²) in [5.74, 6) is 0.154. The fourth-order valence-corrected chi connectivity index (χ4v) is 2.35. The van der Waals surface area contributed by atoms with Gasteiger partial charge in [-0.25, -0.2) is 0 Å². The summed E-state index contributed by atoms with van der Waals surface area (Å²) in [5.41, 5.74) is -0.861. The SMILES string of the molecule is CCNC(C)(CCN1CCn2cnnc2C1)C(=O)O. The third-order valence-electron chi connectivity index (χ3n) is 3.68. The number of nitrogens with one attached hydrogen (secondary N) is 1. The van der Waals surface area contributed by atoms with Gasteiger partial charge in [0.25, 0.3) is 0 Å². The second-order valence-corrected chi connectivity index (χ2v) is 5.13. The molecule has 0 saturated carbocycles. The first-order valence-electron chi connectivity index (χ1n) is 6.62. The van der Waals surface area contributed by atoms with Crippen molar-refractivity contribution in [3.05, 3.63) is 12.2 Å². The van der Waals surface area contributed by atoms with E-state index in [0.29, 0.717) is 13.0 Å². The Morgan fingerprint density at radius 1 is 1.58 bits per heavy atom. The molecule has 0 aliphatic carbocycles. The Hall–Kier alpha value is -1.47. The Labute approximate surface area is 112 Å². The van der Waals surface area contributed by atoms with Crippen molar-refractivity contribution in [2.45, 2.75) is 38.9 Å². The molecule has 1 aromatic heterocycles. The Balaban J connectivity index is 1.90. The standard InChI is InChI=1S/C12H21N5O2/c1-3-13-12(2,11(18)19)4-5-16-6-7-17-9-14-15-10(17)8-16/h9,13H,3-8H2,1-2H3,(H,18,19). The minimum Gasteiger partial charge on any atom is -0.480 e. The van der Waals surface area contributed by atoms with Crippen LogP contribution in [0.25, 0.3) is 0 Å². The van der Waals surface area contributed by atoms with E-state index in [-0.39, 0.29) is 0 Å². The van der Waals surface area contributed by atoms with E-state index >= 15 is 0 Å². The van der Waals surface area contributed by atoms with E-state index in [9.17, 15) is 9.90 Å². The normalized spacial score (nSPS) is 18.8. The van der Waals surface area contributed by atoms with Crippen LogP contribution in [0.1, 0.15) is 26.1 Å². The van der Waals surface area contributed by atoms with Crippen LogP contribution in [0.5, 0.6) is 0 Å². The molecule has 2 N–H and O–H groups in total. The zero-order valence-electron chi connectivity index (χ0n) is 11.5. The predicted octanol–water partition coefficient (Wildman–Crippen LogP) is -0.0634. The van der Waals surface area contributed by atoms with E-state index in [1.54, 1.807) is 13.3 Å². The van der Waals surface area contributed by atoms with Crippen LogP contribution in [0.15, 0.2) is 6.33 Å². The van der Waals surface area contributed by atoms with Crippen molar-refractivity contribution in [3.63, 3.8) is 0 Å². The Morgan fingerprint density at radius 2 is 2.37 bits per heavy atom. The number of fused-ring (bicyclic) bond motifs is 1. The molecule has 1 aliphatic heterocycles. The van der Waals surface area contributed by atoms with Crippen LogP contribution in [-0.2, 0) is 17.9 Å². The predicted molar refractivity (Wildman–Crippen MR) is 69.6 cm³/mol. The lowest BCUT2D eigenvalue weighted by atomic mass is 9.97. The van der Waals surface area contributed by atoms with Gasteiger partial charge in [-0.1, -0.05) is 6.92 Å². The molecule has 0 bridgehead atoms. The summed E-state index contributed by atoms with van der Waals surface area (Å²) >= 11 is 0. The molecule has 0 spiro atoms. The molecule has 2 heterocycles. The van der Waals surface area contributed by atoms with Crippen LogP contribution in [0.2, 0.25) is 0 Å². The number of aromatic nitrogens is 3. The first-order chi connectivity index (χ1) is 9.05. The molecule has 1 atom stereocenters. The number of nitrogens with zero attached hydrogens (tertiary/aromatic N) is 4. The lowest BCUT2D eigenvalue weighted by Crippen LogP contribution is -2.51. The molecular weight excluding hydrogens is 246 g/mol. The number of carboxylic acid groups (broad SMARTS) is 1. The van der Waals surface area contributed by atoms with Gasteiger partial charge in [0.15, 0.2) is 0 Å². The molecule has 1 aliphatic rings. The number of carbonyl (C=O) groups is 1. The van der Waals surface area contributed by atoms with E-state index < -0.39 is 11.5 Å².